The first kappa shape index (κ1) is 14.9. The molecule has 1 fully saturated rings. The van der Waals surface area contributed by atoms with Crippen molar-refractivity contribution in [3.05, 3.63) is 29.8 Å². The van der Waals surface area contributed by atoms with Crippen molar-refractivity contribution in [2.24, 2.45) is 5.92 Å². The van der Waals surface area contributed by atoms with Gasteiger partial charge >= 0.3 is 0 Å². The number of benzene rings is 1. The van der Waals surface area contributed by atoms with E-state index in [1.54, 1.807) is 7.05 Å². The molecule has 20 heavy (non-hydrogen) atoms. The maximum absolute atomic E-state index is 11.3. The number of hydrogen-bond donors (Lipinski definition) is 2. The molecule has 1 aliphatic heterocycles. The topological polar surface area (TPSA) is 44.4 Å². The van der Waals surface area contributed by atoms with Gasteiger partial charge in [0.15, 0.2) is 0 Å². The van der Waals surface area contributed by atoms with Gasteiger partial charge in [-0.15, -0.1) is 0 Å². The number of hydrogen-bond acceptors (Lipinski definition) is 3. The van der Waals surface area contributed by atoms with Gasteiger partial charge in [-0.3, -0.25) is 4.79 Å². The normalized spacial score (nSPS) is 19.6. The van der Waals surface area contributed by atoms with Crippen LogP contribution in [0, 0.1) is 5.92 Å². The van der Waals surface area contributed by atoms with Crippen LogP contribution in [0.5, 0.6) is 0 Å². The third-order valence-electron chi connectivity index (χ3n) is 3.91. The highest BCUT2D eigenvalue weighted by Gasteiger charge is 2.16. The monoisotopic (exact) mass is 275 g/mol. The van der Waals surface area contributed by atoms with Crippen LogP contribution in [0.2, 0.25) is 0 Å². The SMILES string of the molecule is CNC(=O)Cc1ccc(NCC2CCCN(C)C2)cc1. The van der Waals surface area contributed by atoms with Crippen LogP contribution >= 0.6 is 0 Å². The lowest BCUT2D eigenvalue weighted by molar-refractivity contribution is -0.119. The Morgan fingerprint density at radius 2 is 2.10 bits per heavy atom. The molecule has 1 amide bonds. The molecular weight excluding hydrogens is 250 g/mol. The van der Waals surface area contributed by atoms with Crippen molar-refractivity contribution >= 4 is 11.6 Å². The molecule has 0 radical (unpaired) electrons. The van der Waals surface area contributed by atoms with Gasteiger partial charge in [0.05, 0.1) is 6.42 Å². The van der Waals surface area contributed by atoms with E-state index >= 15 is 0 Å². The molecule has 0 bridgehead atoms. The van der Waals surface area contributed by atoms with Gasteiger partial charge in [-0.25, -0.2) is 0 Å². The largest absolute Gasteiger partial charge is 0.385 e. The molecule has 1 atom stereocenters. The molecule has 1 heterocycles. The van der Waals surface area contributed by atoms with E-state index in [9.17, 15) is 4.79 Å². The summed E-state index contributed by atoms with van der Waals surface area (Å²) in [5.74, 6) is 0.787. The Balaban J connectivity index is 1.80. The summed E-state index contributed by atoms with van der Waals surface area (Å²) in [5.41, 5.74) is 2.19. The molecule has 2 N–H and O–H groups in total. The van der Waals surface area contributed by atoms with E-state index in [1.165, 1.54) is 25.9 Å². The van der Waals surface area contributed by atoms with Gasteiger partial charge in [0.25, 0.3) is 0 Å². The molecule has 1 aromatic carbocycles. The zero-order valence-corrected chi connectivity index (χ0v) is 12.5. The maximum atomic E-state index is 11.3. The Kier molecular flexibility index (Phi) is 5.41. The van der Waals surface area contributed by atoms with Crippen LogP contribution in [-0.2, 0) is 11.2 Å². The van der Waals surface area contributed by atoms with Crippen LogP contribution in [0.1, 0.15) is 18.4 Å². The average molecular weight is 275 g/mol. The lowest BCUT2D eigenvalue weighted by atomic mass is 9.98. The highest BCUT2D eigenvalue weighted by Crippen LogP contribution is 2.17. The molecule has 0 saturated carbocycles. The van der Waals surface area contributed by atoms with Crippen LogP contribution < -0.4 is 10.6 Å². The van der Waals surface area contributed by atoms with Gasteiger partial charge in [0.1, 0.15) is 0 Å². The first-order chi connectivity index (χ1) is 9.67. The molecule has 1 unspecified atom stereocenters. The summed E-state index contributed by atoms with van der Waals surface area (Å²) in [6.07, 6.45) is 3.06. The van der Waals surface area contributed by atoms with Crippen LogP contribution in [0.15, 0.2) is 24.3 Å². The van der Waals surface area contributed by atoms with Gasteiger partial charge in [0, 0.05) is 25.8 Å². The van der Waals surface area contributed by atoms with Crippen LogP contribution in [0.3, 0.4) is 0 Å². The Bertz CT molecular complexity index is 430. The maximum Gasteiger partial charge on any atom is 0.224 e. The number of likely N-dealkylation sites (tertiary alicyclic amines) is 1. The summed E-state index contributed by atoms with van der Waals surface area (Å²) in [4.78, 5) is 13.7. The number of likely N-dealkylation sites (N-methyl/N-ethyl adjacent to an activating group) is 1. The molecule has 4 heteroatoms. The van der Waals surface area contributed by atoms with E-state index in [1.807, 2.05) is 12.1 Å². The second-order valence-corrected chi connectivity index (χ2v) is 5.70. The fraction of sp³-hybridized carbons (Fsp3) is 0.562. The quantitative estimate of drug-likeness (QED) is 0.860. The number of carbonyl (C=O) groups excluding carboxylic acids is 1. The molecule has 0 spiro atoms. The second kappa shape index (κ2) is 7.29. The molecule has 0 aromatic heterocycles. The molecule has 1 aromatic rings. The lowest BCUT2D eigenvalue weighted by Crippen LogP contribution is -2.35. The van der Waals surface area contributed by atoms with Gasteiger partial charge in [-0.2, -0.15) is 0 Å². The molecule has 4 nitrogen and oxygen atoms in total. The summed E-state index contributed by atoms with van der Waals surface area (Å²) in [5, 5.41) is 6.14. The third kappa shape index (κ3) is 4.53. The van der Waals surface area contributed by atoms with E-state index in [-0.39, 0.29) is 5.91 Å². The minimum absolute atomic E-state index is 0.0518. The predicted molar refractivity (Wildman–Crippen MR) is 82.9 cm³/mol. The second-order valence-electron chi connectivity index (χ2n) is 5.70. The zero-order valence-electron chi connectivity index (χ0n) is 12.5. The smallest absolute Gasteiger partial charge is 0.224 e. The predicted octanol–water partition coefficient (Wildman–Crippen LogP) is 1.73. The summed E-state index contributed by atoms with van der Waals surface area (Å²) in [6, 6.07) is 8.16. The van der Waals surface area contributed by atoms with Crippen LogP contribution in [0.4, 0.5) is 5.69 Å². The fourth-order valence-electron chi connectivity index (χ4n) is 2.72. The van der Waals surface area contributed by atoms with E-state index in [4.69, 9.17) is 0 Å². The molecule has 1 aliphatic rings. The first-order valence-corrected chi connectivity index (χ1v) is 7.39. The first-order valence-electron chi connectivity index (χ1n) is 7.39. The van der Waals surface area contributed by atoms with Gasteiger partial charge < -0.3 is 15.5 Å². The molecule has 2 rings (SSSR count). The Labute approximate surface area is 121 Å². The number of nitrogens with zero attached hydrogens (tertiary/aromatic N) is 1. The third-order valence-corrected chi connectivity index (χ3v) is 3.91. The highest BCUT2D eigenvalue weighted by molar-refractivity contribution is 5.78. The van der Waals surface area contributed by atoms with Crippen molar-refractivity contribution in [3.8, 4) is 0 Å². The summed E-state index contributed by atoms with van der Waals surface area (Å²) >= 11 is 0. The van der Waals surface area contributed by atoms with Crippen LogP contribution in [-0.4, -0.2) is 44.5 Å². The van der Waals surface area contributed by atoms with E-state index in [0.29, 0.717) is 6.42 Å². The van der Waals surface area contributed by atoms with E-state index in [0.717, 1.165) is 23.7 Å². The zero-order chi connectivity index (χ0) is 14.4. The van der Waals surface area contributed by atoms with E-state index < -0.39 is 0 Å². The number of amides is 1. The standard InChI is InChI=1S/C16H25N3O/c1-17-16(20)10-13-5-7-15(8-6-13)18-11-14-4-3-9-19(2)12-14/h5-8,14,18H,3-4,9-12H2,1-2H3,(H,17,20). The van der Waals surface area contributed by atoms with Crippen LogP contribution in [0.25, 0.3) is 0 Å². The number of rotatable bonds is 5. The molecule has 0 aliphatic carbocycles. The Hall–Kier alpha value is -1.55. The van der Waals surface area contributed by atoms with Crippen molar-refractivity contribution in [1.82, 2.24) is 10.2 Å². The van der Waals surface area contributed by atoms with Gasteiger partial charge in [-0.1, -0.05) is 12.1 Å². The van der Waals surface area contributed by atoms with Crippen molar-refractivity contribution in [2.75, 3.05) is 39.0 Å². The molecular formula is C16H25N3O. The summed E-state index contributed by atoms with van der Waals surface area (Å²) < 4.78 is 0. The minimum atomic E-state index is 0.0518. The fourth-order valence-corrected chi connectivity index (χ4v) is 2.72. The minimum Gasteiger partial charge on any atom is -0.385 e. The number of nitrogens with one attached hydrogen (secondary N) is 2. The van der Waals surface area contributed by atoms with Crippen molar-refractivity contribution in [1.29, 1.82) is 0 Å². The number of piperidine rings is 1. The average Bonchev–Trinajstić information content (AvgIpc) is 2.46. The molecule has 1 saturated heterocycles. The van der Waals surface area contributed by atoms with Gasteiger partial charge in [0.2, 0.25) is 5.91 Å². The number of anilines is 1. The Morgan fingerprint density at radius 3 is 2.75 bits per heavy atom. The van der Waals surface area contributed by atoms with Crippen molar-refractivity contribution < 1.29 is 4.79 Å². The van der Waals surface area contributed by atoms with E-state index in [2.05, 4.69) is 34.7 Å². The summed E-state index contributed by atoms with van der Waals surface area (Å²) in [7, 11) is 3.86. The molecule has 110 valence electrons. The lowest BCUT2D eigenvalue weighted by Gasteiger charge is -2.30. The summed E-state index contributed by atoms with van der Waals surface area (Å²) in [6.45, 7) is 3.44. The highest BCUT2D eigenvalue weighted by atomic mass is 16.1. The van der Waals surface area contributed by atoms with Crippen molar-refractivity contribution in [2.45, 2.75) is 19.3 Å². The van der Waals surface area contributed by atoms with Crippen molar-refractivity contribution in [3.63, 3.8) is 0 Å². The number of carbonyl (C=O) groups is 1. The Morgan fingerprint density at radius 1 is 1.35 bits per heavy atom. The van der Waals surface area contributed by atoms with Gasteiger partial charge in [-0.05, 0) is 50.0 Å².